The van der Waals surface area contributed by atoms with Crippen LogP contribution in [0.25, 0.3) is 27.8 Å². The molecule has 0 aliphatic rings. The number of benzene rings is 2. The number of fused-ring (bicyclic) bond motifs is 1. The number of rotatable bonds is 2. The van der Waals surface area contributed by atoms with Gasteiger partial charge in [-0.1, -0.05) is 24.3 Å². The van der Waals surface area contributed by atoms with Gasteiger partial charge in [-0.2, -0.15) is 5.10 Å². The molecular weight excluding hydrogens is 260 g/mol. The van der Waals surface area contributed by atoms with Crippen molar-refractivity contribution in [3.63, 3.8) is 0 Å². The third kappa shape index (κ3) is 2.01. The molecule has 102 valence electrons. The van der Waals surface area contributed by atoms with Gasteiger partial charge in [-0.05, 0) is 29.8 Å². The number of para-hydroxylation sites is 2. The van der Waals surface area contributed by atoms with Crippen molar-refractivity contribution in [1.29, 1.82) is 0 Å². The first-order chi connectivity index (χ1) is 10.3. The maximum absolute atomic E-state index is 4.43. The summed E-state index contributed by atoms with van der Waals surface area (Å²) in [6.45, 7) is 0. The van der Waals surface area contributed by atoms with Gasteiger partial charge < -0.3 is 0 Å². The van der Waals surface area contributed by atoms with Gasteiger partial charge in [0, 0.05) is 24.5 Å². The highest BCUT2D eigenvalue weighted by atomic mass is 15.2. The van der Waals surface area contributed by atoms with Gasteiger partial charge in [-0.15, -0.1) is 0 Å². The van der Waals surface area contributed by atoms with Gasteiger partial charge in [-0.3, -0.25) is 9.25 Å². The number of nitrogens with zero attached hydrogens (tertiary/aromatic N) is 4. The molecule has 21 heavy (non-hydrogen) atoms. The molecule has 2 aromatic heterocycles. The molecule has 0 bridgehead atoms. The maximum atomic E-state index is 4.43. The summed E-state index contributed by atoms with van der Waals surface area (Å²) in [5, 5.41) is 4.21. The van der Waals surface area contributed by atoms with Crippen molar-refractivity contribution in [3.05, 3.63) is 67.3 Å². The molecule has 0 fully saturated rings. The van der Waals surface area contributed by atoms with Gasteiger partial charge in [0.05, 0.1) is 17.2 Å². The van der Waals surface area contributed by atoms with Crippen molar-refractivity contribution in [2.75, 3.05) is 0 Å². The summed E-state index contributed by atoms with van der Waals surface area (Å²) >= 11 is 0. The fraction of sp³-hybridized carbons (Fsp3) is 0.0588. The lowest BCUT2D eigenvalue weighted by atomic mass is 10.1. The van der Waals surface area contributed by atoms with E-state index in [9.17, 15) is 0 Å². The van der Waals surface area contributed by atoms with E-state index in [-0.39, 0.29) is 0 Å². The fourth-order valence-electron chi connectivity index (χ4n) is 2.55. The van der Waals surface area contributed by atoms with Crippen LogP contribution in [0.5, 0.6) is 0 Å². The fourth-order valence-corrected chi connectivity index (χ4v) is 2.55. The van der Waals surface area contributed by atoms with Crippen molar-refractivity contribution in [2.45, 2.75) is 0 Å². The van der Waals surface area contributed by atoms with Crippen LogP contribution in [-0.4, -0.2) is 19.3 Å². The van der Waals surface area contributed by atoms with Crippen LogP contribution in [0.2, 0.25) is 0 Å². The SMILES string of the molecule is Cn1cc(-c2ccc(-n3cnc4ccccc43)cc2)cn1. The first-order valence-corrected chi connectivity index (χ1v) is 6.83. The Balaban J connectivity index is 1.76. The van der Waals surface area contributed by atoms with Crippen molar-refractivity contribution in [1.82, 2.24) is 19.3 Å². The molecule has 0 N–H and O–H groups in total. The summed E-state index contributed by atoms with van der Waals surface area (Å²) in [6.07, 6.45) is 5.76. The molecule has 0 atom stereocenters. The zero-order valence-corrected chi connectivity index (χ0v) is 11.6. The minimum absolute atomic E-state index is 1.01. The highest BCUT2D eigenvalue weighted by Crippen LogP contribution is 2.22. The van der Waals surface area contributed by atoms with E-state index in [1.54, 1.807) is 0 Å². The number of aromatic nitrogens is 4. The Hall–Kier alpha value is -2.88. The minimum atomic E-state index is 1.01. The van der Waals surface area contributed by atoms with Crippen LogP contribution in [0.3, 0.4) is 0 Å². The van der Waals surface area contributed by atoms with Gasteiger partial charge in [0.2, 0.25) is 0 Å². The molecule has 0 aliphatic heterocycles. The lowest BCUT2D eigenvalue weighted by Gasteiger charge is -2.05. The normalized spacial score (nSPS) is 11.1. The van der Waals surface area contributed by atoms with Crippen molar-refractivity contribution in [3.8, 4) is 16.8 Å². The van der Waals surface area contributed by atoms with Crippen LogP contribution in [0.15, 0.2) is 67.3 Å². The maximum Gasteiger partial charge on any atom is 0.100 e. The average Bonchev–Trinajstić information content (AvgIpc) is 3.14. The zero-order chi connectivity index (χ0) is 14.2. The second-order valence-electron chi connectivity index (χ2n) is 5.05. The van der Waals surface area contributed by atoms with Gasteiger partial charge in [0.25, 0.3) is 0 Å². The average molecular weight is 274 g/mol. The van der Waals surface area contributed by atoms with Gasteiger partial charge in [0.1, 0.15) is 6.33 Å². The Kier molecular flexibility index (Phi) is 2.60. The van der Waals surface area contributed by atoms with Crippen molar-refractivity contribution >= 4 is 11.0 Å². The van der Waals surface area contributed by atoms with Gasteiger partial charge in [0.15, 0.2) is 0 Å². The summed E-state index contributed by atoms with van der Waals surface area (Å²) in [6, 6.07) is 16.6. The predicted octanol–water partition coefficient (Wildman–Crippen LogP) is 3.43. The van der Waals surface area contributed by atoms with E-state index in [1.807, 2.05) is 48.6 Å². The standard InChI is InChI=1S/C17H14N4/c1-20-11-14(10-19-20)13-6-8-15(9-7-13)21-12-18-16-4-2-3-5-17(16)21/h2-12H,1H3. The second-order valence-corrected chi connectivity index (χ2v) is 5.05. The van der Waals surface area contributed by atoms with E-state index in [0.717, 1.165) is 27.8 Å². The molecule has 0 unspecified atom stereocenters. The monoisotopic (exact) mass is 274 g/mol. The summed E-state index contributed by atoms with van der Waals surface area (Å²) in [5.74, 6) is 0. The van der Waals surface area contributed by atoms with Crippen LogP contribution in [0.4, 0.5) is 0 Å². The Morgan fingerprint density at radius 3 is 2.48 bits per heavy atom. The molecule has 4 aromatic rings. The van der Waals surface area contributed by atoms with Crippen LogP contribution >= 0.6 is 0 Å². The van der Waals surface area contributed by atoms with E-state index >= 15 is 0 Å². The Bertz CT molecular complexity index is 900. The molecule has 0 saturated heterocycles. The first kappa shape index (κ1) is 11.9. The van der Waals surface area contributed by atoms with Crippen molar-refractivity contribution in [2.24, 2.45) is 7.05 Å². The summed E-state index contributed by atoms with van der Waals surface area (Å²) in [4.78, 5) is 4.43. The van der Waals surface area contributed by atoms with E-state index < -0.39 is 0 Å². The summed E-state index contributed by atoms with van der Waals surface area (Å²) in [5.41, 5.74) is 5.52. The van der Waals surface area contributed by atoms with Crippen LogP contribution in [0.1, 0.15) is 0 Å². The Labute approximate surface area is 122 Å². The molecule has 4 nitrogen and oxygen atoms in total. The molecule has 2 heterocycles. The third-order valence-electron chi connectivity index (χ3n) is 3.64. The molecule has 0 saturated carbocycles. The highest BCUT2D eigenvalue weighted by molar-refractivity contribution is 5.77. The number of hydrogen-bond acceptors (Lipinski definition) is 2. The number of hydrogen-bond donors (Lipinski definition) is 0. The molecule has 4 rings (SSSR count). The molecule has 0 spiro atoms. The van der Waals surface area contributed by atoms with Crippen LogP contribution in [-0.2, 0) is 7.05 Å². The molecule has 0 aliphatic carbocycles. The molecule has 0 radical (unpaired) electrons. The van der Waals surface area contributed by atoms with Crippen LogP contribution < -0.4 is 0 Å². The Morgan fingerprint density at radius 1 is 0.905 bits per heavy atom. The number of aryl methyl sites for hydroxylation is 1. The third-order valence-corrected chi connectivity index (χ3v) is 3.64. The van der Waals surface area contributed by atoms with Gasteiger partial charge in [-0.25, -0.2) is 4.98 Å². The summed E-state index contributed by atoms with van der Waals surface area (Å²) < 4.78 is 3.91. The van der Waals surface area contributed by atoms with E-state index in [0.29, 0.717) is 0 Å². The van der Waals surface area contributed by atoms with E-state index in [1.165, 1.54) is 0 Å². The van der Waals surface area contributed by atoms with E-state index in [2.05, 4.69) is 45.0 Å². The minimum Gasteiger partial charge on any atom is -0.299 e. The van der Waals surface area contributed by atoms with Crippen LogP contribution in [0, 0.1) is 0 Å². The molecular formula is C17H14N4. The Morgan fingerprint density at radius 2 is 1.71 bits per heavy atom. The quantitative estimate of drug-likeness (QED) is 0.561. The molecule has 2 aromatic carbocycles. The largest absolute Gasteiger partial charge is 0.299 e. The smallest absolute Gasteiger partial charge is 0.100 e. The number of imidazole rings is 1. The molecule has 4 heteroatoms. The topological polar surface area (TPSA) is 35.6 Å². The predicted molar refractivity (Wildman–Crippen MR) is 83.3 cm³/mol. The zero-order valence-electron chi connectivity index (χ0n) is 11.6. The van der Waals surface area contributed by atoms with E-state index in [4.69, 9.17) is 0 Å². The highest BCUT2D eigenvalue weighted by Gasteiger charge is 2.05. The van der Waals surface area contributed by atoms with Gasteiger partial charge >= 0.3 is 0 Å². The summed E-state index contributed by atoms with van der Waals surface area (Å²) in [7, 11) is 1.93. The lowest BCUT2D eigenvalue weighted by Crippen LogP contribution is -1.91. The first-order valence-electron chi connectivity index (χ1n) is 6.83. The lowest BCUT2D eigenvalue weighted by molar-refractivity contribution is 0.768. The molecule has 0 amide bonds. The van der Waals surface area contributed by atoms with Crippen molar-refractivity contribution < 1.29 is 0 Å². The second kappa shape index (κ2) is 4.59.